The molecule has 2 saturated heterocycles. The number of carbonyl (C=O) groups excluding carboxylic acids is 1. The fourth-order valence-corrected chi connectivity index (χ4v) is 3.88. The van der Waals surface area contributed by atoms with Crippen molar-refractivity contribution in [3.8, 4) is 0 Å². The van der Waals surface area contributed by atoms with E-state index in [1.54, 1.807) is 0 Å². The first-order chi connectivity index (χ1) is 13.5. The lowest BCUT2D eigenvalue weighted by Crippen LogP contribution is -2.41. The van der Waals surface area contributed by atoms with Crippen LogP contribution in [0, 0.1) is 11.3 Å². The van der Waals surface area contributed by atoms with E-state index in [2.05, 4.69) is 28.5 Å². The van der Waals surface area contributed by atoms with Gasteiger partial charge in [0.15, 0.2) is 5.96 Å². The van der Waals surface area contributed by atoms with Crippen LogP contribution in [0.4, 0.5) is 5.69 Å². The number of anilines is 1. The van der Waals surface area contributed by atoms with Crippen LogP contribution < -0.4 is 10.6 Å². The molecule has 0 saturated carbocycles. The van der Waals surface area contributed by atoms with E-state index in [4.69, 9.17) is 9.73 Å². The van der Waals surface area contributed by atoms with Crippen LogP contribution in [-0.4, -0.2) is 49.6 Å². The standard InChI is InChI=1S/C22H34N4O2.HI/c1-4-17(3)20(27)25-19-8-6-7-18(13-19)14-24-21(23-5-2)26-11-9-22(15-26)10-12-28-16-22;/h6-8,13,17H,4-5,9-12,14-16H2,1-3H3,(H,23,24)(H,25,27);1H. The topological polar surface area (TPSA) is 66.0 Å². The molecule has 1 aromatic carbocycles. The molecule has 0 bridgehead atoms. The highest BCUT2D eigenvalue weighted by Gasteiger charge is 2.42. The molecule has 2 N–H and O–H groups in total. The Balaban J connectivity index is 0.00000300. The second-order valence-corrected chi connectivity index (χ2v) is 8.14. The molecular formula is C22H35IN4O2. The molecular weight excluding hydrogens is 479 g/mol. The number of hydrogen-bond donors (Lipinski definition) is 2. The first-order valence-electron chi connectivity index (χ1n) is 10.6. The van der Waals surface area contributed by atoms with E-state index in [1.807, 2.05) is 32.0 Å². The van der Waals surface area contributed by atoms with Crippen LogP contribution in [0.2, 0.25) is 0 Å². The van der Waals surface area contributed by atoms with E-state index in [1.165, 1.54) is 6.42 Å². The number of guanidine groups is 1. The summed E-state index contributed by atoms with van der Waals surface area (Å²) in [4.78, 5) is 19.4. The quantitative estimate of drug-likeness (QED) is 0.344. The zero-order valence-corrected chi connectivity index (χ0v) is 20.2. The van der Waals surface area contributed by atoms with E-state index in [0.29, 0.717) is 12.0 Å². The Bertz CT molecular complexity index is 704. The Morgan fingerprint density at radius 2 is 2.17 bits per heavy atom. The summed E-state index contributed by atoms with van der Waals surface area (Å²) in [5, 5.41) is 6.44. The van der Waals surface area contributed by atoms with Crippen molar-refractivity contribution >= 4 is 41.5 Å². The third-order valence-electron chi connectivity index (χ3n) is 5.92. The molecule has 2 heterocycles. The number of rotatable bonds is 6. The Morgan fingerprint density at radius 3 is 2.86 bits per heavy atom. The lowest BCUT2D eigenvalue weighted by molar-refractivity contribution is -0.119. The van der Waals surface area contributed by atoms with Crippen molar-refractivity contribution < 1.29 is 9.53 Å². The molecule has 6 nitrogen and oxygen atoms in total. The maximum absolute atomic E-state index is 12.1. The van der Waals surface area contributed by atoms with Crippen molar-refractivity contribution in [2.45, 2.75) is 46.6 Å². The number of carbonyl (C=O) groups is 1. The maximum atomic E-state index is 12.1. The summed E-state index contributed by atoms with van der Waals surface area (Å²) in [5.74, 6) is 1.06. The van der Waals surface area contributed by atoms with Crippen molar-refractivity contribution in [3.63, 3.8) is 0 Å². The van der Waals surface area contributed by atoms with Gasteiger partial charge in [0.1, 0.15) is 0 Å². The summed E-state index contributed by atoms with van der Waals surface area (Å²) in [6.07, 6.45) is 3.17. The third kappa shape index (κ3) is 6.31. The summed E-state index contributed by atoms with van der Waals surface area (Å²) >= 11 is 0. The van der Waals surface area contributed by atoms with Gasteiger partial charge in [0, 0.05) is 43.3 Å². The molecule has 1 spiro atoms. The van der Waals surface area contributed by atoms with E-state index >= 15 is 0 Å². The number of likely N-dealkylation sites (tertiary alicyclic amines) is 1. The molecule has 1 amide bonds. The van der Waals surface area contributed by atoms with Gasteiger partial charge >= 0.3 is 0 Å². The van der Waals surface area contributed by atoms with Gasteiger partial charge in [0.25, 0.3) is 0 Å². The van der Waals surface area contributed by atoms with Crippen LogP contribution >= 0.6 is 24.0 Å². The first-order valence-corrected chi connectivity index (χ1v) is 10.6. The van der Waals surface area contributed by atoms with E-state index in [0.717, 1.165) is 62.9 Å². The SMILES string of the molecule is CCNC(=NCc1cccc(NC(=O)C(C)CC)c1)N1CCC2(CCOC2)C1.I. The van der Waals surface area contributed by atoms with Crippen molar-refractivity contribution in [1.29, 1.82) is 0 Å². The third-order valence-corrected chi connectivity index (χ3v) is 5.92. The summed E-state index contributed by atoms with van der Waals surface area (Å²) in [7, 11) is 0. The number of ether oxygens (including phenoxy) is 1. The number of nitrogens with one attached hydrogen (secondary N) is 2. The van der Waals surface area contributed by atoms with Crippen LogP contribution in [0.25, 0.3) is 0 Å². The average Bonchev–Trinajstić information content (AvgIpc) is 3.34. The highest BCUT2D eigenvalue weighted by atomic mass is 127. The molecule has 0 radical (unpaired) electrons. The largest absolute Gasteiger partial charge is 0.381 e. The fourth-order valence-electron chi connectivity index (χ4n) is 3.88. The molecule has 2 fully saturated rings. The van der Waals surface area contributed by atoms with Crippen LogP contribution in [0.15, 0.2) is 29.3 Å². The number of nitrogens with zero attached hydrogens (tertiary/aromatic N) is 2. The second-order valence-electron chi connectivity index (χ2n) is 8.14. The molecule has 3 rings (SSSR count). The number of hydrogen-bond acceptors (Lipinski definition) is 3. The molecule has 0 aromatic heterocycles. The Morgan fingerprint density at radius 1 is 1.34 bits per heavy atom. The zero-order valence-electron chi connectivity index (χ0n) is 17.9. The van der Waals surface area contributed by atoms with Gasteiger partial charge in [-0.05, 0) is 43.9 Å². The van der Waals surface area contributed by atoms with Crippen molar-refractivity contribution in [3.05, 3.63) is 29.8 Å². The van der Waals surface area contributed by atoms with E-state index < -0.39 is 0 Å². The number of amides is 1. The van der Waals surface area contributed by atoms with Gasteiger partial charge in [0.2, 0.25) is 5.91 Å². The van der Waals surface area contributed by atoms with E-state index in [-0.39, 0.29) is 35.8 Å². The smallest absolute Gasteiger partial charge is 0.227 e. The van der Waals surface area contributed by atoms with Gasteiger partial charge in [-0.1, -0.05) is 26.0 Å². The van der Waals surface area contributed by atoms with Crippen LogP contribution in [0.1, 0.15) is 45.6 Å². The summed E-state index contributed by atoms with van der Waals surface area (Å²) in [6, 6.07) is 7.99. The number of benzene rings is 1. The molecule has 2 aliphatic rings. The molecule has 162 valence electrons. The minimum atomic E-state index is 0. The highest BCUT2D eigenvalue weighted by Crippen LogP contribution is 2.38. The highest BCUT2D eigenvalue weighted by molar-refractivity contribution is 14.0. The minimum Gasteiger partial charge on any atom is -0.381 e. The van der Waals surface area contributed by atoms with Gasteiger partial charge in [-0.3, -0.25) is 4.79 Å². The normalized spacial score (nSPS) is 22.4. The predicted molar refractivity (Wildman–Crippen MR) is 129 cm³/mol. The van der Waals surface area contributed by atoms with Crippen molar-refractivity contribution in [2.24, 2.45) is 16.3 Å². The summed E-state index contributed by atoms with van der Waals surface area (Å²) < 4.78 is 5.65. The summed E-state index contributed by atoms with van der Waals surface area (Å²) in [6.45, 7) is 11.3. The number of aliphatic imine (C=N–C) groups is 1. The van der Waals surface area contributed by atoms with Gasteiger partial charge in [-0.25, -0.2) is 4.99 Å². The zero-order chi connectivity index (χ0) is 20.0. The van der Waals surface area contributed by atoms with Gasteiger partial charge in [0.05, 0.1) is 13.2 Å². The van der Waals surface area contributed by atoms with Crippen molar-refractivity contribution in [1.82, 2.24) is 10.2 Å². The predicted octanol–water partition coefficient (Wildman–Crippen LogP) is 3.87. The summed E-state index contributed by atoms with van der Waals surface area (Å²) in [5.41, 5.74) is 2.25. The first kappa shape index (κ1) is 23.9. The van der Waals surface area contributed by atoms with Gasteiger partial charge in [-0.15, -0.1) is 24.0 Å². The number of halogens is 1. The van der Waals surface area contributed by atoms with Gasteiger partial charge < -0.3 is 20.3 Å². The van der Waals surface area contributed by atoms with Gasteiger partial charge in [-0.2, -0.15) is 0 Å². The lowest BCUT2D eigenvalue weighted by atomic mass is 9.87. The molecule has 2 aliphatic heterocycles. The maximum Gasteiger partial charge on any atom is 0.227 e. The Labute approximate surface area is 191 Å². The molecule has 7 heteroatoms. The Hall–Kier alpha value is -1.35. The second kappa shape index (κ2) is 11.2. The fraction of sp³-hybridized carbons (Fsp3) is 0.636. The monoisotopic (exact) mass is 514 g/mol. The average molecular weight is 514 g/mol. The van der Waals surface area contributed by atoms with E-state index in [9.17, 15) is 4.79 Å². The Kier molecular flexibility index (Phi) is 9.20. The molecule has 0 aliphatic carbocycles. The lowest BCUT2D eigenvalue weighted by Gasteiger charge is -2.25. The van der Waals surface area contributed by atoms with Crippen LogP contribution in [0.5, 0.6) is 0 Å². The van der Waals surface area contributed by atoms with Crippen LogP contribution in [-0.2, 0) is 16.1 Å². The van der Waals surface area contributed by atoms with Crippen LogP contribution in [0.3, 0.4) is 0 Å². The molecule has 2 unspecified atom stereocenters. The molecule has 1 aromatic rings. The van der Waals surface area contributed by atoms with Crippen molar-refractivity contribution in [2.75, 3.05) is 38.2 Å². The molecule has 29 heavy (non-hydrogen) atoms. The minimum absolute atomic E-state index is 0. The molecule has 2 atom stereocenters.